The van der Waals surface area contributed by atoms with Crippen LogP contribution in [0.5, 0.6) is 0 Å². The van der Waals surface area contributed by atoms with E-state index in [0.29, 0.717) is 0 Å². The molecule has 116 valence electrons. The molecule has 0 saturated heterocycles. The summed E-state index contributed by atoms with van der Waals surface area (Å²) < 4.78 is 0. The van der Waals surface area contributed by atoms with Gasteiger partial charge in [0.2, 0.25) is 0 Å². The molecule has 0 bridgehead atoms. The molecule has 7 heteroatoms. The smallest absolute Gasteiger partial charge is 0.300 e. The minimum atomic E-state index is -0.833. The summed E-state index contributed by atoms with van der Waals surface area (Å²) in [6, 6.07) is 10.3. The first-order valence-corrected chi connectivity index (χ1v) is 5.77. The SMILES string of the molecule is CC(=O)O.CC(=O)O.CC(=O)O.c1ccc2[nH]ccc2c1. The highest BCUT2D eigenvalue weighted by Gasteiger charge is 1.86. The summed E-state index contributed by atoms with van der Waals surface area (Å²) in [6.45, 7) is 3.25. The number of aromatic nitrogens is 1. The van der Waals surface area contributed by atoms with Gasteiger partial charge in [0, 0.05) is 32.5 Å². The van der Waals surface area contributed by atoms with Gasteiger partial charge < -0.3 is 20.3 Å². The number of para-hydroxylation sites is 1. The third kappa shape index (κ3) is 19.7. The summed E-state index contributed by atoms with van der Waals surface area (Å²) >= 11 is 0. The van der Waals surface area contributed by atoms with E-state index in [0.717, 1.165) is 20.8 Å². The summed E-state index contributed by atoms with van der Waals surface area (Å²) in [6.07, 6.45) is 1.95. The number of carboxylic acids is 3. The lowest BCUT2D eigenvalue weighted by Crippen LogP contribution is -1.78. The van der Waals surface area contributed by atoms with Crippen molar-refractivity contribution in [3.05, 3.63) is 36.5 Å². The van der Waals surface area contributed by atoms with Gasteiger partial charge in [0.25, 0.3) is 17.9 Å². The maximum Gasteiger partial charge on any atom is 0.300 e. The number of carbonyl (C=O) groups is 3. The fourth-order valence-electron chi connectivity index (χ4n) is 0.995. The van der Waals surface area contributed by atoms with Crippen LogP contribution in [0.2, 0.25) is 0 Å². The number of rotatable bonds is 0. The molecule has 0 aliphatic rings. The molecule has 2 rings (SSSR count). The van der Waals surface area contributed by atoms with Gasteiger partial charge in [-0.05, 0) is 17.5 Å². The zero-order valence-electron chi connectivity index (χ0n) is 12.0. The van der Waals surface area contributed by atoms with E-state index in [2.05, 4.69) is 23.2 Å². The third-order valence-corrected chi connectivity index (χ3v) is 1.46. The molecule has 0 unspecified atom stereocenters. The standard InChI is InChI=1S/C8H7N.3C2H4O2/c1-2-4-8-7(3-1)5-6-9-8;3*1-2(3)4/h1-6,9H;3*1H3,(H,3,4). The number of aromatic amines is 1. The Labute approximate surface area is 121 Å². The molecule has 0 amide bonds. The molecule has 0 aliphatic heterocycles. The third-order valence-electron chi connectivity index (χ3n) is 1.46. The summed E-state index contributed by atoms with van der Waals surface area (Å²) in [4.78, 5) is 30.1. The summed E-state index contributed by atoms with van der Waals surface area (Å²) in [5.74, 6) is -2.50. The van der Waals surface area contributed by atoms with Crippen LogP contribution >= 0.6 is 0 Å². The largest absolute Gasteiger partial charge is 0.481 e. The van der Waals surface area contributed by atoms with Crippen molar-refractivity contribution in [2.75, 3.05) is 0 Å². The molecule has 0 radical (unpaired) electrons. The monoisotopic (exact) mass is 297 g/mol. The van der Waals surface area contributed by atoms with E-state index >= 15 is 0 Å². The number of aliphatic carboxylic acids is 3. The zero-order valence-corrected chi connectivity index (χ0v) is 12.0. The van der Waals surface area contributed by atoms with Crippen LogP contribution < -0.4 is 0 Å². The van der Waals surface area contributed by atoms with Gasteiger partial charge in [-0.1, -0.05) is 18.2 Å². The van der Waals surface area contributed by atoms with Crippen molar-refractivity contribution < 1.29 is 29.7 Å². The number of H-pyrrole nitrogens is 1. The Hall–Kier alpha value is -2.83. The van der Waals surface area contributed by atoms with Crippen molar-refractivity contribution >= 4 is 28.8 Å². The van der Waals surface area contributed by atoms with Crippen molar-refractivity contribution in [1.82, 2.24) is 4.98 Å². The van der Waals surface area contributed by atoms with Crippen LogP contribution in [0.15, 0.2) is 36.5 Å². The van der Waals surface area contributed by atoms with E-state index in [-0.39, 0.29) is 0 Å². The van der Waals surface area contributed by atoms with E-state index < -0.39 is 17.9 Å². The molecule has 0 atom stereocenters. The van der Waals surface area contributed by atoms with Gasteiger partial charge in [-0.15, -0.1) is 0 Å². The highest BCUT2D eigenvalue weighted by Crippen LogP contribution is 2.09. The quantitative estimate of drug-likeness (QED) is 0.591. The second-order valence-electron chi connectivity index (χ2n) is 3.62. The lowest BCUT2D eigenvalue weighted by Gasteiger charge is -1.83. The van der Waals surface area contributed by atoms with Gasteiger partial charge >= 0.3 is 0 Å². The molecule has 0 fully saturated rings. The molecule has 1 aromatic heterocycles. The predicted octanol–water partition coefficient (Wildman–Crippen LogP) is 2.44. The number of fused-ring (bicyclic) bond motifs is 1. The molecule has 0 spiro atoms. The molecule has 7 nitrogen and oxygen atoms in total. The molecule has 2 aromatic rings. The van der Waals surface area contributed by atoms with Gasteiger partial charge in [-0.2, -0.15) is 0 Å². The van der Waals surface area contributed by atoms with E-state index in [4.69, 9.17) is 29.7 Å². The maximum atomic E-state index is 9.00. The first kappa shape index (κ1) is 20.5. The lowest BCUT2D eigenvalue weighted by molar-refractivity contribution is -0.135. The summed E-state index contributed by atoms with van der Waals surface area (Å²) in [7, 11) is 0. The van der Waals surface area contributed by atoms with Crippen molar-refractivity contribution in [3.8, 4) is 0 Å². The number of benzene rings is 1. The first-order chi connectivity index (χ1) is 9.66. The van der Waals surface area contributed by atoms with Crippen LogP contribution in [0.3, 0.4) is 0 Å². The van der Waals surface area contributed by atoms with Crippen molar-refractivity contribution in [3.63, 3.8) is 0 Å². The van der Waals surface area contributed by atoms with Crippen molar-refractivity contribution in [2.24, 2.45) is 0 Å². The molecule has 21 heavy (non-hydrogen) atoms. The van der Waals surface area contributed by atoms with Gasteiger partial charge in [-0.25, -0.2) is 0 Å². The number of hydrogen-bond donors (Lipinski definition) is 4. The molecule has 1 heterocycles. The molecular weight excluding hydrogens is 278 g/mol. The zero-order chi connectivity index (χ0) is 16.8. The Bertz CT molecular complexity index is 491. The second-order valence-corrected chi connectivity index (χ2v) is 3.62. The second kappa shape index (κ2) is 12.2. The van der Waals surface area contributed by atoms with Crippen LogP contribution in [-0.2, 0) is 14.4 Å². The van der Waals surface area contributed by atoms with E-state index in [9.17, 15) is 0 Å². The fraction of sp³-hybridized carbons (Fsp3) is 0.214. The molecule has 1 aromatic carbocycles. The minimum absolute atomic E-state index is 0.833. The minimum Gasteiger partial charge on any atom is -0.481 e. The molecular formula is C14H19NO6. The number of hydrogen-bond acceptors (Lipinski definition) is 3. The Morgan fingerprint density at radius 2 is 1.19 bits per heavy atom. The highest BCUT2D eigenvalue weighted by molar-refractivity contribution is 5.78. The van der Waals surface area contributed by atoms with E-state index in [1.165, 1.54) is 10.9 Å². The molecule has 0 aliphatic carbocycles. The molecule has 4 N–H and O–H groups in total. The van der Waals surface area contributed by atoms with Gasteiger partial charge in [0.05, 0.1) is 0 Å². The Morgan fingerprint density at radius 3 is 1.57 bits per heavy atom. The van der Waals surface area contributed by atoms with Crippen molar-refractivity contribution in [2.45, 2.75) is 20.8 Å². The van der Waals surface area contributed by atoms with Gasteiger partial charge in [-0.3, -0.25) is 14.4 Å². The van der Waals surface area contributed by atoms with Crippen LogP contribution in [0.4, 0.5) is 0 Å². The fourth-order valence-corrected chi connectivity index (χ4v) is 0.995. The summed E-state index contributed by atoms with van der Waals surface area (Å²) in [5, 5.41) is 23.5. The van der Waals surface area contributed by atoms with E-state index in [1.54, 1.807) is 0 Å². The van der Waals surface area contributed by atoms with E-state index in [1.807, 2.05) is 18.3 Å². The normalized spacial score (nSPS) is 7.95. The van der Waals surface area contributed by atoms with Crippen LogP contribution in [-0.4, -0.2) is 38.2 Å². The highest BCUT2D eigenvalue weighted by atomic mass is 16.4. The number of carboxylic acid groups (broad SMARTS) is 3. The number of nitrogens with one attached hydrogen (secondary N) is 1. The van der Waals surface area contributed by atoms with Gasteiger partial charge in [0.1, 0.15) is 0 Å². The van der Waals surface area contributed by atoms with Crippen LogP contribution in [0.1, 0.15) is 20.8 Å². The maximum absolute atomic E-state index is 9.00. The van der Waals surface area contributed by atoms with Crippen LogP contribution in [0, 0.1) is 0 Å². The Kier molecular flexibility index (Phi) is 11.9. The summed E-state index contributed by atoms with van der Waals surface area (Å²) in [5.41, 5.74) is 1.21. The Balaban J connectivity index is 0. The molecule has 0 saturated carbocycles. The van der Waals surface area contributed by atoms with Crippen molar-refractivity contribution in [1.29, 1.82) is 0 Å². The van der Waals surface area contributed by atoms with Gasteiger partial charge in [0.15, 0.2) is 0 Å². The average molecular weight is 297 g/mol. The lowest BCUT2D eigenvalue weighted by atomic mass is 10.3. The Morgan fingerprint density at radius 1 is 0.810 bits per heavy atom. The average Bonchev–Trinajstić information content (AvgIpc) is 2.74. The topological polar surface area (TPSA) is 128 Å². The predicted molar refractivity (Wildman–Crippen MR) is 78.2 cm³/mol. The first-order valence-electron chi connectivity index (χ1n) is 5.77. The van der Waals surface area contributed by atoms with Crippen LogP contribution in [0.25, 0.3) is 10.9 Å².